The van der Waals surface area contributed by atoms with E-state index in [0.29, 0.717) is 6.04 Å². The van der Waals surface area contributed by atoms with E-state index < -0.39 is 0 Å². The highest BCUT2D eigenvalue weighted by molar-refractivity contribution is 9.10. The van der Waals surface area contributed by atoms with Gasteiger partial charge in [0.2, 0.25) is 0 Å². The zero-order chi connectivity index (χ0) is 11.5. The lowest BCUT2D eigenvalue weighted by Gasteiger charge is -2.12. The van der Waals surface area contributed by atoms with Gasteiger partial charge in [0.15, 0.2) is 0 Å². The van der Waals surface area contributed by atoms with E-state index in [1.165, 1.54) is 19.8 Å². The van der Waals surface area contributed by atoms with Gasteiger partial charge in [0.05, 0.1) is 0 Å². The molecule has 1 atom stereocenters. The van der Waals surface area contributed by atoms with Crippen LogP contribution >= 0.6 is 38.6 Å². The molecule has 0 amide bonds. The predicted molar refractivity (Wildman–Crippen MR) is 76.3 cm³/mol. The van der Waals surface area contributed by atoms with Crippen molar-refractivity contribution < 1.29 is 0 Å². The summed E-state index contributed by atoms with van der Waals surface area (Å²) in [7, 11) is 0. The number of hydrogen-bond donors (Lipinski definition) is 1. The van der Waals surface area contributed by atoms with Gasteiger partial charge in [0, 0.05) is 32.2 Å². The van der Waals surface area contributed by atoms with Crippen LogP contribution in [0.2, 0.25) is 0 Å². The Kier molecular flexibility index (Phi) is 4.19. The maximum Gasteiger partial charge on any atom is 0.0391 e. The molecule has 2 rings (SSSR count). The first-order chi connectivity index (χ1) is 7.66. The van der Waals surface area contributed by atoms with Crippen LogP contribution in [0.25, 0.3) is 0 Å². The molecule has 1 nitrogen and oxygen atoms in total. The smallest absolute Gasteiger partial charge is 0.0391 e. The van der Waals surface area contributed by atoms with Crippen LogP contribution in [-0.4, -0.2) is 0 Å². The minimum atomic E-state index is 0.431. The lowest BCUT2D eigenvalue weighted by atomic mass is 10.2. The number of rotatable bonds is 4. The van der Waals surface area contributed by atoms with Crippen molar-refractivity contribution in [1.82, 2.24) is 5.32 Å². The zero-order valence-corrected chi connectivity index (χ0v) is 12.5. The summed E-state index contributed by atoms with van der Waals surface area (Å²) in [5.74, 6) is 0. The molecule has 2 heterocycles. The van der Waals surface area contributed by atoms with Gasteiger partial charge in [-0.05, 0) is 52.9 Å². The molecule has 86 valence electrons. The molecule has 0 aliphatic carbocycles. The maximum atomic E-state index is 3.56. The van der Waals surface area contributed by atoms with E-state index in [9.17, 15) is 0 Å². The van der Waals surface area contributed by atoms with Crippen molar-refractivity contribution in [2.45, 2.75) is 26.4 Å². The number of aryl methyl sites for hydroxylation is 1. The largest absolute Gasteiger partial charge is 0.305 e. The van der Waals surface area contributed by atoms with Crippen molar-refractivity contribution in [3.8, 4) is 0 Å². The lowest BCUT2D eigenvalue weighted by Crippen LogP contribution is -2.17. The van der Waals surface area contributed by atoms with Crippen molar-refractivity contribution in [3.63, 3.8) is 0 Å². The molecule has 0 saturated carbocycles. The summed E-state index contributed by atoms with van der Waals surface area (Å²) in [5.41, 5.74) is 1.39. The second kappa shape index (κ2) is 5.45. The van der Waals surface area contributed by atoms with Gasteiger partial charge in [-0.3, -0.25) is 0 Å². The van der Waals surface area contributed by atoms with E-state index in [1.807, 2.05) is 11.3 Å². The standard InChI is InChI=1S/C12H14BrNS2/c1-8-3-4-15-12(8)9(2)14-6-11-5-10(13)7-16-11/h3-5,7,9,14H,6H2,1-2H3. The third-order valence-corrected chi connectivity index (χ3v) is 5.40. The van der Waals surface area contributed by atoms with Gasteiger partial charge >= 0.3 is 0 Å². The lowest BCUT2D eigenvalue weighted by molar-refractivity contribution is 0.585. The van der Waals surface area contributed by atoms with Crippen molar-refractivity contribution in [2.24, 2.45) is 0 Å². The summed E-state index contributed by atoms with van der Waals surface area (Å²) in [4.78, 5) is 2.81. The van der Waals surface area contributed by atoms with Crippen LogP contribution in [0, 0.1) is 6.92 Å². The Morgan fingerprint density at radius 1 is 1.44 bits per heavy atom. The first kappa shape index (κ1) is 12.3. The summed E-state index contributed by atoms with van der Waals surface area (Å²) in [6, 6.07) is 4.78. The molecular weight excluding hydrogens is 302 g/mol. The highest BCUT2D eigenvalue weighted by Crippen LogP contribution is 2.25. The summed E-state index contributed by atoms with van der Waals surface area (Å²) in [6.45, 7) is 5.34. The molecule has 0 spiro atoms. The molecule has 2 aromatic rings. The van der Waals surface area contributed by atoms with Gasteiger partial charge in [-0.25, -0.2) is 0 Å². The first-order valence-corrected chi connectivity index (χ1v) is 7.72. The van der Waals surface area contributed by atoms with Crippen LogP contribution in [0.4, 0.5) is 0 Å². The van der Waals surface area contributed by atoms with Crippen LogP contribution in [0.3, 0.4) is 0 Å². The Morgan fingerprint density at radius 3 is 2.81 bits per heavy atom. The number of thiophene rings is 2. The van der Waals surface area contributed by atoms with Crippen molar-refractivity contribution >= 4 is 38.6 Å². The number of halogens is 1. The van der Waals surface area contributed by atoms with Crippen LogP contribution in [0.1, 0.15) is 28.3 Å². The van der Waals surface area contributed by atoms with Crippen molar-refractivity contribution in [3.05, 3.63) is 42.7 Å². The summed E-state index contributed by atoms with van der Waals surface area (Å²) in [5, 5.41) is 7.84. The number of nitrogens with one attached hydrogen (secondary N) is 1. The number of hydrogen-bond acceptors (Lipinski definition) is 3. The Hall–Kier alpha value is -0.160. The van der Waals surface area contributed by atoms with Crippen molar-refractivity contribution in [2.75, 3.05) is 0 Å². The normalized spacial score (nSPS) is 12.9. The minimum absolute atomic E-state index is 0.431. The van der Waals surface area contributed by atoms with Gasteiger partial charge in [0.25, 0.3) is 0 Å². The summed E-state index contributed by atoms with van der Waals surface area (Å²) >= 11 is 7.09. The third-order valence-electron chi connectivity index (χ3n) is 2.50. The van der Waals surface area contributed by atoms with E-state index >= 15 is 0 Å². The minimum Gasteiger partial charge on any atom is -0.305 e. The molecule has 0 aromatic carbocycles. The van der Waals surface area contributed by atoms with Gasteiger partial charge in [-0.1, -0.05) is 0 Å². The molecule has 0 bridgehead atoms. The molecule has 0 fully saturated rings. The van der Waals surface area contributed by atoms with E-state index in [1.54, 1.807) is 11.3 Å². The Bertz CT molecular complexity index is 461. The molecule has 1 unspecified atom stereocenters. The fraction of sp³-hybridized carbons (Fsp3) is 0.333. The Labute approximate surface area is 113 Å². The summed E-state index contributed by atoms with van der Waals surface area (Å²) in [6.07, 6.45) is 0. The van der Waals surface area contributed by atoms with Gasteiger partial charge in [-0.2, -0.15) is 0 Å². The van der Waals surface area contributed by atoms with Crippen molar-refractivity contribution in [1.29, 1.82) is 0 Å². The molecular formula is C12H14BrNS2. The molecule has 0 radical (unpaired) electrons. The predicted octanol–water partition coefficient (Wildman–Crippen LogP) is 4.73. The van der Waals surface area contributed by atoms with Gasteiger partial charge < -0.3 is 5.32 Å². The SMILES string of the molecule is Cc1ccsc1C(C)NCc1cc(Br)cs1. The third kappa shape index (κ3) is 2.94. The molecule has 2 aromatic heterocycles. The zero-order valence-electron chi connectivity index (χ0n) is 9.29. The van der Waals surface area contributed by atoms with E-state index in [-0.39, 0.29) is 0 Å². The maximum absolute atomic E-state index is 3.56. The second-order valence-corrected chi connectivity index (χ2v) is 6.66. The monoisotopic (exact) mass is 315 g/mol. The van der Waals surface area contributed by atoms with Gasteiger partial charge in [-0.15, -0.1) is 22.7 Å². The van der Waals surface area contributed by atoms with Crippen LogP contribution < -0.4 is 5.32 Å². The average molecular weight is 316 g/mol. The fourth-order valence-corrected chi connectivity index (χ4v) is 3.98. The summed E-state index contributed by atoms with van der Waals surface area (Å²) < 4.78 is 1.18. The Balaban J connectivity index is 1.93. The molecule has 0 saturated heterocycles. The van der Waals surface area contributed by atoms with Crippen LogP contribution in [-0.2, 0) is 6.54 Å². The Morgan fingerprint density at radius 2 is 2.25 bits per heavy atom. The first-order valence-electron chi connectivity index (χ1n) is 5.17. The molecule has 0 aliphatic rings. The quantitative estimate of drug-likeness (QED) is 0.860. The van der Waals surface area contributed by atoms with Crippen LogP contribution in [0.15, 0.2) is 27.4 Å². The van der Waals surface area contributed by atoms with Crippen LogP contribution in [0.5, 0.6) is 0 Å². The molecule has 0 aliphatic heterocycles. The van der Waals surface area contributed by atoms with E-state index in [2.05, 4.69) is 58.0 Å². The second-order valence-electron chi connectivity index (χ2n) is 3.80. The molecule has 4 heteroatoms. The molecule has 16 heavy (non-hydrogen) atoms. The molecule has 1 N–H and O–H groups in total. The van der Waals surface area contributed by atoms with Gasteiger partial charge in [0.1, 0.15) is 0 Å². The average Bonchev–Trinajstić information content (AvgIpc) is 2.84. The van der Waals surface area contributed by atoms with E-state index in [0.717, 1.165) is 6.54 Å². The topological polar surface area (TPSA) is 12.0 Å². The van der Waals surface area contributed by atoms with E-state index in [4.69, 9.17) is 0 Å². The highest BCUT2D eigenvalue weighted by atomic mass is 79.9. The highest BCUT2D eigenvalue weighted by Gasteiger charge is 2.09. The fourth-order valence-electron chi connectivity index (χ4n) is 1.62.